The molecule has 5 rings (SSSR count). The van der Waals surface area contributed by atoms with Gasteiger partial charge in [0.2, 0.25) is 5.91 Å². The van der Waals surface area contributed by atoms with Gasteiger partial charge in [-0.2, -0.15) is 0 Å². The predicted octanol–water partition coefficient (Wildman–Crippen LogP) is 1.62. The van der Waals surface area contributed by atoms with Crippen molar-refractivity contribution in [2.45, 2.75) is 95.9 Å². The number of carbonyl (C=O) groups excluding carboxylic acids is 4. The molecule has 1 heterocycles. The number of nitrogens with two attached hydrogens (primary N) is 1. The highest BCUT2D eigenvalue weighted by molar-refractivity contribution is 5.92. The predicted molar refractivity (Wildman–Crippen MR) is 122 cm³/mol. The SMILES string of the molecule is CC(C)(C)OC(=O)NNC(=O)[C@@H]1CCCN1C(=O)[C@@H](N)CC(=O)OC1C2CC3CC(C2)CC1C3. The van der Waals surface area contributed by atoms with E-state index in [2.05, 4.69) is 10.9 Å². The van der Waals surface area contributed by atoms with E-state index >= 15 is 0 Å². The molecule has 5 aliphatic rings. The number of nitrogens with zero attached hydrogens (tertiary/aromatic N) is 1. The molecule has 190 valence electrons. The number of rotatable bonds is 5. The van der Waals surface area contributed by atoms with E-state index in [0.29, 0.717) is 31.2 Å². The van der Waals surface area contributed by atoms with Gasteiger partial charge in [-0.05, 0) is 89.4 Å². The summed E-state index contributed by atoms with van der Waals surface area (Å²) in [5.41, 5.74) is 9.89. The van der Waals surface area contributed by atoms with Gasteiger partial charge in [-0.3, -0.25) is 19.8 Å². The van der Waals surface area contributed by atoms with Crippen molar-refractivity contribution < 1.29 is 28.7 Å². The maximum Gasteiger partial charge on any atom is 0.426 e. The zero-order valence-corrected chi connectivity index (χ0v) is 20.4. The van der Waals surface area contributed by atoms with Gasteiger partial charge in [0.1, 0.15) is 17.7 Å². The number of carbonyl (C=O) groups is 4. The van der Waals surface area contributed by atoms with Gasteiger partial charge in [0.15, 0.2) is 0 Å². The first-order valence-corrected chi connectivity index (χ1v) is 12.5. The number of likely N-dealkylation sites (tertiary alicyclic amines) is 1. The van der Waals surface area contributed by atoms with Gasteiger partial charge in [-0.15, -0.1) is 0 Å². The second-order valence-electron chi connectivity index (χ2n) is 11.5. The monoisotopic (exact) mass is 478 g/mol. The molecule has 2 atom stereocenters. The Labute approximate surface area is 200 Å². The van der Waals surface area contributed by atoms with Crippen molar-refractivity contribution in [3.8, 4) is 0 Å². The van der Waals surface area contributed by atoms with Crippen molar-refractivity contribution in [1.82, 2.24) is 15.8 Å². The average molecular weight is 479 g/mol. The lowest BCUT2D eigenvalue weighted by molar-refractivity contribution is -0.171. The van der Waals surface area contributed by atoms with E-state index in [9.17, 15) is 19.2 Å². The number of hydrogen-bond acceptors (Lipinski definition) is 7. The highest BCUT2D eigenvalue weighted by Gasteiger charge is 2.50. The maximum atomic E-state index is 13.0. The molecule has 1 aliphatic heterocycles. The molecular weight excluding hydrogens is 440 g/mol. The van der Waals surface area contributed by atoms with E-state index in [1.807, 2.05) is 0 Å². The Morgan fingerprint density at radius 2 is 1.62 bits per heavy atom. The fraction of sp³-hybridized carbons (Fsp3) is 0.833. The number of esters is 1. The Morgan fingerprint density at radius 3 is 2.21 bits per heavy atom. The maximum absolute atomic E-state index is 13.0. The van der Waals surface area contributed by atoms with Crippen LogP contribution in [0.15, 0.2) is 0 Å². The molecule has 4 N–H and O–H groups in total. The van der Waals surface area contributed by atoms with Crippen molar-refractivity contribution in [2.75, 3.05) is 6.54 Å². The van der Waals surface area contributed by atoms with Crippen molar-refractivity contribution in [3.63, 3.8) is 0 Å². The number of amides is 3. The molecule has 1 saturated heterocycles. The minimum atomic E-state index is -1.07. The zero-order valence-electron chi connectivity index (χ0n) is 20.4. The molecule has 10 heteroatoms. The Morgan fingerprint density at radius 1 is 1.00 bits per heavy atom. The van der Waals surface area contributed by atoms with Gasteiger partial charge >= 0.3 is 12.1 Å². The molecule has 3 amide bonds. The molecule has 34 heavy (non-hydrogen) atoms. The van der Waals surface area contributed by atoms with E-state index in [1.165, 1.54) is 11.3 Å². The Kier molecular flexibility index (Phi) is 7.07. The first-order valence-electron chi connectivity index (χ1n) is 12.5. The molecular formula is C24H38N4O6. The van der Waals surface area contributed by atoms with Gasteiger partial charge in [0.25, 0.3) is 5.91 Å². The summed E-state index contributed by atoms with van der Waals surface area (Å²) in [6.07, 6.45) is 5.89. The Balaban J connectivity index is 1.25. The molecule has 4 bridgehead atoms. The van der Waals surface area contributed by atoms with Crippen LogP contribution >= 0.6 is 0 Å². The van der Waals surface area contributed by atoms with Crippen LogP contribution in [0.3, 0.4) is 0 Å². The topological polar surface area (TPSA) is 140 Å². The van der Waals surface area contributed by atoms with E-state index in [0.717, 1.165) is 37.5 Å². The lowest BCUT2D eigenvalue weighted by Gasteiger charge is -2.53. The summed E-state index contributed by atoms with van der Waals surface area (Å²) in [6, 6.07) is -1.84. The fourth-order valence-electron chi connectivity index (χ4n) is 6.55. The normalized spacial score (nSPS) is 32.8. The van der Waals surface area contributed by atoms with Crippen LogP contribution < -0.4 is 16.6 Å². The second kappa shape index (κ2) is 9.71. The molecule has 0 spiro atoms. The minimum absolute atomic E-state index is 0.0492. The highest BCUT2D eigenvalue weighted by atomic mass is 16.6. The smallest absolute Gasteiger partial charge is 0.426 e. The summed E-state index contributed by atoms with van der Waals surface area (Å²) in [7, 11) is 0. The highest BCUT2D eigenvalue weighted by Crippen LogP contribution is 2.54. The largest absolute Gasteiger partial charge is 0.462 e. The molecule has 5 fully saturated rings. The number of ether oxygens (including phenoxy) is 2. The van der Waals surface area contributed by atoms with E-state index in [4.69, 9.17) is 15.2 Å². The van der Waals surface area contributed by atoms with Crippen LogP contribution in [-0.4, -0.2) is 59.1 Å². The summed E-state index contributed by atoms with van der Waals surface area (Å²) in [6.45, 7) is 5.49. The van der Waals surface area contributed by atoms with Gasteiger partial charge in [-0.1, -0.05) is 0 Å². The van der Waals surface area contributed by atoms with Crippen molar-refractivity contribution in [1.29, 1.82) is 0 Å². The second-order valence-corrected chi connectivity index (χ2v) is 11.5. The molecule has 4 saturated carbocycles. The summed E-state index contributed by atoms with van der Waals surface area (Å²) < 4.78 is 10.9. The number of hydrogen-bond donors (Lipinski definition) is 3. The third-order valence-electron chi connectivity index (χ3n) is 7.64. The van der Waals surface area contributed by atoms with Crippen LogP contribution in [0.5, 0.6) is 0 Å². The van der Waals surface area contributed by atoms with Crippen LogP contribution in [0.4, 0.5) is 4.79 Å². The molecule has 10 nitrogen and oxygen atoms in total. The Bertz CT molecular complexity index is 797. The lowest BCUT2D eigenvalue weighted by atomic mass is 9.55. The van der Waals surface area contributed by atoms with E-state index in [-0.39, 0.29) is 12.5 Å². The summed E-state index contributed by atoms with van der Waals surface area (Å²) in [4.78, 5) is 51.4. The Hall–Kier alpha value is -2.36. The number of hydrazine groups is 1. The summed E-state index contributed by atoms with van der Waals surface area (Å²) in [5.74, 6) is 1.02. The van der Waals surface area contributed by atoms with Crippen LogP contribution in [0.1, 0.15) is 72.1 Å². The molecule has 4 aliphatic carbocycles. The molecule has 0 unspecified atom stereocenters. The summed E-state index contributed by atoms with van der Waals surface area (Å²) in [5, 5.41) is 0. The van der Waals surface area contributed by atoms with Crippen LogP contribution in [0.2, 0.25) is 0 Å². The van der Waals surface area contributed by atoms with Crippen molar-refractivity contribution in [3.05, 3.63) is 0 Å². The van der Waals surface area contributed by atoms with Gasteiger partial charge in [-0.25, -0.2) is 10.2 Å². The third kappa shape index (κ3) is 5.64. The van der Waals surface area contributed by atoms with Crippen LogP contribution in [0.25, 0.3) is 0 Å². The van der Waals surface area contributed by atoms with Gasteiger partial charge in [0, 0.05) is 6.54 Å². The molecule has 0 aromatic heterocycles. The van der Waals surface area contributed by atoms with Gasteiger partial charge < -0.3 is 20.1 Å². The lowest BCUT2D eigenvalue weighted by Crippen LogP contribution is -2.55. The van der Waals surface area contributed by atoms with Crippen molar-refractivity contribution in [2.24, 2.45) is 29.4 Å². The quantitative estimate of drug-likeness (QED) is 0.403. The van der Waals surface area contributed by atoms with E-state index in [1.54, 1.807) is 20.8 Å². The standard InChI is InChI=1S/C24H38N4O6/c1-24(2,3)34-23(32)27-26-21(30)18-5-4-6-28(18)22(31)17(25)12-19(29)33-20-15-8-13-7-14(10-15)11-16(20)9-13/h13-18,20H,4-12,25H2,1-3H3,(H,26,30)(H,27,32)/t13?,14?,15?,16?,17-,18-,20?/m0/s1. The first-order chi connectivity index (χ1) is 16.0. The fourth-order valence-corrected chi connectivity index (χ4v) is 6.55. The van der Waals surface area contributed by atoms with Crippen LogP contribution in [0, 0.1) is 23.7 Å². The van der Waals surface area contributed by atoms with Gasteiger partial charge in [0.05, 0.1) is 12.5 Å². The van der Waals surface area contributed by atoms with E-state index < -0.39 is 41.6 Å². The van der Waals surface area contributed by atoms with Crippen molar-refractivity contribution >= 4 is 23.9 Å². The zero-order chi connectivity index (χ0) is 24.6. The van der Waals surface area contributed by atoms with Crippen LogP contribution in [-0.2, 0) is 23.9 Å². The number of nitrogens with one attached hydrogen (secondary N) is 2. The molecule has 0 radical (unpaired) electrons. The average Bonchev–Trinajstić information content (AvgIpc) is 3.22. The minimum Gasteiger partial charge on any atom is -0.462 e. The summed E-state index contributed by atoms with van der Waals surface area (Å²) >= 11 is 0. The third-order valence-corrected chi connectivity index (χ3v) is 7.64. The molecule has 0 aromatic rings. The first kappa shape index (κ1) is 24.8. The molecule has 0 aromatic carbocycles.